The second kappa shape index (κ2) is 5.88. The third-order valence-electron chi connectivity index (χ3n) is 2.76. The first-order chi connectivity index (χ1) is 9.58. The number of aromatic hydroxyl groups is 1. The molecule has 0 saturated carbocycles. The number of benzene rings is 2. The molecule has 0 saturated heterocycles. The second-order valence-electron chi connectivity index (χ2n) is 4.25. The largest absolute Gasteiger partial charge is 0.508 e. The summed E-state index contributed by atoms with van der Waals surface area (Å²) in [5, 5.41) is 9.83. The number of carbonyl (C=O) groups excluding carboxylic acids is 2. The molecular formula is C15H13NO4. The van der Waals surface area contributed by atoms with E-state index < -0.39 is 6.09 Å². The van der Waals surface area contributed by atoms with Gasteiger partial charge in [0.1, 0.15) is 17.8 Å². The summed E-state index contributed by atoms with van der Waals surface area (Å²) in [5.41, 5.74) is 6.88. The topological polar surface area (TPSA) is 89.6 Å². The summed E-state index contributed by atoms with van der Waals surface area (Å²) < 4.78 is 4.79. The van der Waals surface area contributed by atoms with E-state index in [1.54, 1.807) is 30.3 Å². The average molecular weight is 271 g/mol. The lowest BCUT2D eigenvalue weighted by Crippen LogP contribution is -2.16. The van der Waals surface area contributed by atoms with Crippen LogP contribution >= 0.6 is 0 Å². The fourth-order valence-corrected chi connectivity index (χ4v) is 1.86. The highest BCUT2D eigenvalue weighted by molar-refractivity contribution is 5.75. The molecule has 0 aliphatic rings. The van der Waals surface area contributed by atoms with Gasteiger partial charge in [-0.1, -0.05) is 24.3 Å². The van der Waals surface area contributed by atoms with E-state index in [9.17, 15) is 14.7 Å². The molecule has 5 nitrogen and oxygen atoms in total. The van der Waals surface area contributed by atoms with Crippen molar-refractivity contribution in [1.29, 1.82) is 0 Å². The van der Waals surface area contributed by atoms with Gasteiger partial charge in [-0.15, -0.1) is 0 Å². The maximum absolute atomic E-state index is 10.7. The average Bonchev–Trinajstić information content (AvgIpc) is 2.41. The summed E-state index contributed by atoms with van der Waals surface area (Å²) >= 11 is 0. The summed E-state index contributed by atoms with van der Waals surface area (Å²) in [6.07, 6.45) is 0.242. The standard InChI is InChI=1S/C15H13NO4/c16-15(19)20-13-3-1-2-10(7-13)6-12-5-4-11(9-17)8-14(12)18/h1-5,7-9,18H,6H2,(H2,16,19). The van der Waals surface area contributed by atoms with Crippen LogP contribution in [0, 0.1) is 0 Å². The summed E-state index contributed by atoms with van der Waals surface area (Å²) in [6.45, 7) is 0. The molecule has 0 atom stereocenters. The predicted octanol–water partition coefficient (Wildman–Crippen LogP) is 2.25. The van der Waals surface area contributed by atoms with Crippen molar-refractivity contribution < 1.29 is 19.4 Å². The maximum atomic E-state index is 10.7. The van der Waals surface area contributed by atoms with Gasteiger partial charge in [-0.25, -0.2) is 4.79 Å². The van der Waals surface area contributed by atoms with Crippen molar-refractivity contribution in [2.75, 3.05) is 0 Å². The van der Waals surface area contributed by atoms with Gasteiger partial charge in [-0.05, 0) is 29.3 Å². The minimum Gasteiger partial charge on any atom is -0.508 e. The fraction of sp³-hybridized carbons (Fsp3) is 0.0667. The number of phenols is 1. The van der Waals surface area contributed by atoms with Crippen LogP contribution in [0.25, 0.3) is 0 Å². The number of nitrogens with two attached hydrogens (primary N) is 1. The van der Waals surface area contributed by atoms with Gasteiger partial charge in [0.2, 0.25) is 0 Å². The monoisotopic (exact) mass is 271 g/mol. The lowest BCUT2D eigenvalue weighted by molar-refractivity contribution is 0.112. The zero-order valence-corrected chi connectivity index (χ0v) is 10.6. The van der Waals surface area contributed by atoms with Gasteiger partial charge in [0.05, 0.1) is 0 Å². The highest BCUT2D eigenvalue weighted by Crippen LogP contribution is 2.23. The van der Waals surface area contributed by atoms with E-state index in [2.05, 4.69) is 0 Å². The number of phenolic OH excluding ortho intramolecular Hbond substituents is 1. The Hall–Kier alpha value is -2.82. The fourth-order valence-electron chi connectivity index (χ4n) is 1.86. The van der Waals surface area contributed by atoms with Gasteiger partial charge in [0, 0.05) is 12.0 Å². The molecule has 3 N–H and O–H groups in total. The van der Waals surface area contributed by atoms with Crippen LogP contribution in [0.3, 0.4) is 0 Å². The van der Waals surface area contributed by atoms with Gasteiger partial charge in [0.25, 0.3) is 0 Å². The summed E-state index contributed by atoms with van der Waals surface area (Å²) in [4.78, 5) is 21.3. The van der Waals surface area contributed by atoms with Crippen molar-refractivity contribution in [1.82, 2.24) is 0 Å². The van der Waals surface area contributed by atoms with E-state index in [0.717, 1.165) is 5.56 Å². The molecule has 0 unspecified atom stereocenters. The molecule has 0 radical (unpaired) electrons. The molecule has 0 fully saturated rings. The molecular weight excluding hydrogens is 258 g/mol. The Balaban J connectivity index is 2.21. The van der Waals surface area contributed by atoms with E-state index in [1.807, 2.05) is 6.07 Å². The summed E-state index contributed by atoms with van der Waals surface area (Å²) in [7, 11) is 0. The van der Waals surface area contributed by atoms with E-state index in [4.69, 9.17) is 10.5 Å². The Labute approximate surface area is 115 Å². The molecule has 0 aromatic heterocycles. The van der Waals surface area contributed by atoms with Crippen molar-refractivity contribution in [3.8, 4) is 11.5 Å². The summed E-state index contributed by atoms with van der Waals surface area (Å²) in [6, 6.07) is 11.6. The molecule has 0 aliphatic carbocycles. The van der Waals surface area contributed by atoms with Crippen molar-refractivity contribution in [3.05, 3.63) is 59.2 Å². The van der Waals surface area contributed by atoms with Crippen LogP contribution in [0.2, 0.25) is 0 Å². The lowest BCUT2D eigenvalue weighted by Gasteiger charge is -2.07. The Morgan fingerprint density at radius 3 is 2.70 bits per heavy atom. The van der Waals surface area contributed by atoms with Gasteiger partial charge < -0.3 is 15.6 Å². The van der Waals surface area contributed by atoms with Crippen molar-refractivity contribution in [3.63, 3.8) is 0 Å². The molecule has 1 amide bonds. The molecule has 0 heterocycles. The quantitative estimate of drug-likeness (QED) is 0.834. The Bertz CT molecular complexity index is 652. The zero-order chi connectivity index (χ0) is 14.5. The Morgan fingerprint density at radius 2 is 2.05 bits per heavy atom. The molecule has 0 spiro atoms. The van der Waals surface area contributed by atoms with Crippen LogP contribution in [-0.4, -0.2) is 17.5 Å². The summed E-state index contributed by atoms with van der Waals surface area (Å²) in [5.74, 6) is 0.398. The third-order valence-corrected chi connectivity index (χ3v) is 2.76. The molecule has 20 heavy (non-hydrogen) atoms. The van der Waals surface area contributed by atoms with E-state index in [0.29, 0.717) is 29.6 Å². The predicted molar refractivity (Wildman–Crippen MR) is 73.0 cm³/mol. The first-order valence-electron chi connectivity index (χ1n) is 5.92. The number of primary amides is 1. The molecule has 2 aromatic carbocycles. The van der Waals surface area contributed by atoms with Crippen molar-refractivity contribution >= 4 is 12.4 Å². The highest BCUT2D eigenvalue weighted by Gasteiger charge is 2.06. The number of ether oxygens (including phenoxy) is 1. The number of hydrogen-bond donors (Lipinski definition) is 2. The van der Waals surface area contributed by atoms with Gasteiger partial charge in [-0.2, -0.15) is 0 Å². The molecule has 0 aliphatic heterocycles. The van der Waals surface area contributed by atoms with Gasteiger partial charge >= 0.3 is 6.09 Å². The van der Waals surface area contributed by atoms with E-state index >= 15 is 0 Å². The zero-order valence-electron chi connectivity index (χ0n) is 10.6. The highest BCUT2D eigenvalue weighted by atomic mass is 16.5. The number of aldehydes is 1. The van der Waals surface area contributed by atoms with Crippen LogP contribution < -0.4 is 10.5 Å². The molecule has 102 valence electrons. The normalized spacial score (nSPS) is 10.0. The van der Waals surface area contributed by atoms with Gasteiger partial charge in [0.15, 0.2) is 0 Å². The van der Waals surface area contributed by atoms with E-state index in [1.165, 1.54) is 6.07 Å². The van der Waals surface area contributed by atoms with Crippen molar-refractivity contribution in [2.45, 2.75) is 6.42 Å². The first kappa shape index (κ1) is 13.6. The first-order valence-corrected chi connectivity index (χ1v) is 5.92. The second-order valence-corrected chi connectivity index (χ2v) is 4.25. The smallest absolute Gasteiger partial charge is 0.409 e. The van der Waals surface area contributed by atoms with Crippen LogP contribution in [-0.2, 0) is 6.42 Å². The molecule has 2 rings (SSSR count). The van der Waals surface area contributed by atoms with Crippen molar-refractivity contribution in [2.24, 2.45) is 5.73 Å². The van der Waals surface area contributed by atoms with E-state index in [-0.39, 0.29) is 5.75 Å². The van der Waals surface area contributed by atoms with Crippen LogP contribution in [0.1, 0.15) is 21.5 Å². The number of hydrogen-bond acceptors (Lipinski definition) is 4. The van der Waals surface area contributed by atoms with Crippen LogP contribution in [0.5, 0.6) is 11.5 Å². The molecule has 5 heteroatoms. The molecule has 2 aromatic rings. The number of carbonyl (C=O) groups is 2. The minimum absolute atomic E-state index is 0.0517. The minimum atomic E-state index is -0.875. The SMILES string of the molecule is NC(=O)Oc1cccc(Cc2ccc(C=O)cc2O)c1. The lowest BCUT2D eigenvalue weighted by atomic mass is 10.0. The Morgan fingerprint density at radius 1 is 1.25 bits per heavy atom. The van der Waals surface area contributed by atoms with Crippen LogP contribution in [0.4, 0.5) is 4.79 Å². The number of amides is 1. The van der Waals surface area contributed by atoms with Gasteiger partial charge in [-0.3, -0.25) is 4.79 Å². The maximum Gasteiger partial charge on any atom is 0.409 e. The third kappa shape index (κ3) is 3.35. The Kier molecular flexibility index (Phi) is 4.00. The number of rotatable bonds is 4. The van der Waals surface area contributed by atoms with Crippen LogP contribution in [0.15, 0.2) is 42.5 Å². The molecule has 0 bridgehead atoms.